The van der Waals surface area contributed by atoms with Crippen molar-refractivity contribution in [3.05, 3.63) is 22.4 Å². The van der Waals surface area contributed by atoms with Gasteiger partial charge in [0.05, 0.1) is 0 Å². The molecule has 1 aromatic heterocycles. The zero-order valence-electron chi connectivity index (χ0n) is 14.3. The zero-order chi connectivity index (χ0) is 15.4. The van der Waals surface area contributed by atoms with Crippen LogP contribution in [0.25, 0.3) is 0 Å². The van der Waals surface area contributed by atoms with Crippen LogP contribution in [0.4, 0.5) is 0 Å². The Kier molecular flexibility index (Phi) is 6.27. The van der Waals surface area contributed by atoms with Gasteiger partial charge in [0, 0.05) is 36.1 Å². The topological polar surface area (TPSA) is 15.3 Å². The van der Waals surface area contributed by atoms with Crippen LogP contribution in [0, 0.1) is 11.8 Å². The van der Waals surface area contributed by atoms with Crippen molar-refractivity contribution in [2.24, 2.45) is 11.8 Å². The Bertz CT molecular complexity index is 399. The van der Waals surface area contributed by atoms with Crippen LogP contribution in [0.2, 0.25) is 0 Å². The number of thiophene rings is 1. The Morgan fingerprint density at radius 2 is 2.05 bits per heavy atom. The number of rotatable bonds is 6. The molecular weight excluding hydrogens is 276 g/mol. The third-order valence-corrected chi connectivity index (χ3v) is 5.54. The minimum absolute atomic E-state index is 0.632. The smallest absolute Gasteiger partial charge is 0.0247 e. The Hall–Kier alpha value is -0.380. The third-order valence-electron chi connectivity index (χ3n) is 4.64. The molecule has 3 heteroatoms. The van der Waals surface area contributed by atoms with Gasteiger partial charge < -0.3 is 5.32 Å². The maximum atomic E-state index is 3.79. The summed E-state index contributed by atoms with van der Waals surface area (Å²) in [6.45, 7) is 14.1. The van der Waals surface area contributed by atoms with Crippen molar-refractivity contribution in [3.63, 3.8) is 0 Å². The van der Waals surface area contributed by atoms with Gasteiger partial charge in [-0.2, -0.15) is 0 Å². The van der Waals surface area contributed by atoms with Crippen molar-refractivity contribution in [2.45, 2.75) is 65.6 Å². The molecule has 21 heavy (non-hydrogen) atoms. The molecule has 0 bridgehead atoms. The van der Waals surface area contributed by atoms with Gasteiger partial charge in [0.2, 0.25) is 0 Å². The molecule has 2 rings (SSSR count). The second kappa shape index (κ2) is 7.75. The van der Waals surface area contributed by atoms with Gasteiger partial charge in [-0.3, -0.25) is 4.90 Å². The van der Waals surface area contributed by atoms with E-state index in [-0.39, 0.29) is 0 Å². The van der Waals surface area contributed by atoms with Crippen LogP contribution in [-0.2, 0) is 6.42 Å². The Morgan fingerprint density at radius 3 is 2.62 bits per heavy atom. The van der Waals surface area contributed by atoms with Crippen molar-refractivity contribution < 1.29 is 0 Å². The Morgan fingerprint density at radius 1 is 1.29 bits per heavy atom. The molecule has 3 atom stereocenters. The fourth-order valence-corrected chi connectivity index (χ4v) is 4.38. The van der Waals surface area contributed by atoms with Gasteiger partial charge in [-0.05, 0) is 43.0 Å². The minimum Gasteiger partial charge on any atom is -0.311 e. The van der Waals surface area contributed by atoms with Crippen molar-refractivity contribution in [3.8, 4) is 0 Å². The summed E-state index contributed by atoms with van der Waals surface area (Å²) in [4.78, 5) is 4.29. The predicted octanol–water partition coefficient (Wildman–Crippen LogP) is 4.02. The molecule has 1 fully saturated rings. The quantitative estimate of drug-likeness (QED) is 0.854. The molecule has 1 N–H and O–H groups in total. The summed E-state index contributed by atoms with van der Waals surface area (Å²) in [5.74, 6) is 1.48. The van der Waals surface area contributed by atoms with E-state index in [0.717, 1.165) is 12.5 Å². The summed E-state index contributed by atoms with van der Waals surface area (Å²) >= 11 is 1.89. The molecule has 0 radical (unpaired) electrons. The van der Waals surface area contributed by atoms with Crippen LogP contribution < -0.4 is 5.32 Å². The monoisotopic (exact) mass is 308 g/mol. The third kappa shape index (κ3) is 4.80. The van der Waals surface area contributed by atoms with Gasteiger partial charge in [0.25, 0.3) is 0 Å². The lowest BCUT2D eigenvalue weighted by Crippen LogP contribution is -2.61. The first-order chi connectivity index (χ1) is 9.97. The van der Waals surface area contributed by atoms with Gasteiger partial charge in [-0.1, -0.05) is 33.8 Å². The second-order valence-corrected chi connectivity index (χ2v) is 8.41. The first kappa shape index (κ1) is 17.0. The lowest BCUT2D eigenvalue weighted by molar-refractivity contribution is 0.0579. The summed E-state index contributed by atoms with van der Waals surface area (Å²) in [6.07, 6.45) is 2.47. The average Bonchev–Trinajstić information content (AvgIpc) is 2.90. The largest absolute Gasteiger partial charge is 0.311 e. The maximum absolute atomic E-state index is 3.79. The zero-order valence-corrected chi connectivity index (χ0v) is 15.1. The number of hydrogen-bond donors (Lipinski definition) is 1. The minimum atomic E-state index is 0.632. The number of nitrogens with zero attached hydrogens (tertiary/aromatic N) is 1. The van der Waals surface area contributed by atoms with Gasteiger partial charge in [-0.15, -0.1) is 11.3 Å². The first-order valence-electron chi connectivity index (χ1n) is 8.48. The molecule has 1 saturated heterocycles. The first-order valence-corrected chi connectivity index (χ1v) is 9.36. The van der Waals surface area contributed by atoms with Crippen LogP contribution in [0.5, 0.6) is 0 Å². The van der Waals surface area contributed by atoms with E-state index in [9.17, 15) is 0 Å². The number of nitrogens with one attached hydrogen (secondary N) is 1. The summed E-state index contributed by atoms with van der Waals surface area (Å²) in [6, 6.07) is 6.41. The van der Waals surface area contributed by atoms with E-state index in [1.165, 1.54) is 24.3 Å². The summed E-state index contributed by atoms with van der Waals surface area (Å²) in [7, 11) is 0. The standard InChI is InChI=1S/C18H32N2S/c1-13(2)9-16-12-20(18(11-19-16)14(3)4)15(5)10-17-7-6-8-21-17/h6-8,13-16,18-19H,9-12H2,1-5H3. The summed E-state index contributed by atoms with van der Waals surface area (Å²) < 4.78 is 0. The molecular formula is C18H32N2S. The van der Waals surface area contributed by atoms with Gasteiger partial charge in [0.1, 0.15) is 0 Å². The highest BCUT2D eigenvalue weighted by Gasteiger charge is 2.32. The molecule has 0 aromatic carbocycles. The summed E-state index contributed by atoms with van der Waals surface area (Å²) in [5, 5.41) is 5.98. The normalized spacial score (nSPS) is 25.7. The molecule has 1 aliphatic rings. The lowest BCUT2D eigenvalue weighted by atomic mass is 9.93. The highest BCUT2D eigenvalue weighted by Crippen LogP contribution is 2.23. The fraction of sp³-hybridized carbons (Fsp3) is 0.778. The Labute approximate surface area is 134 Å². The molecule has 2 nitrogen and oxygen atoms in total. The number of piperazine rings is 1. The molecule has 1 aliphatic heterocycles. The molecule has 120 valence electrons. The molecule has 0 spiro atoms. The van der Waals surface area contributed by atoms with Crippen molar-refractivity contribution in [1.82, 2.24) is 10.2 Å². The van der Waals surface area contributed by atoms with Crippen LogP contribution in [0.15, 0.2) is 17.5 Å². The van der Waals surface area contributed by atoms with E-state index in [1.807, 2.05) is 11.3 Å². The molecule has 3 unspecified atom stereocenters. The summed E-state index contributed by atoms with van der Waals surface area (Å²) in [5.41, 5.74) is 0. The van der Waals surface area contributed by atoms with Gasteiger partial charge >= 0.3 is 0 Å². The van der Waals surface area contributed by atoms with E-state index in [4.69, 9.17) is 0 Å². The second-order valence-electron chi connectivity index (χ2n) is 7.38. The van der Waals surface area contributed by atoms with Crippen LogP contribution in [0.3, 0.4) is 0 Å². The van der Waals surface area contributed by atoms with E-state index < -0.39 is 0 Å². The van der Waals surface area contributed by atoms with E-state index in [0.29, 0.717) is 24.0 Å². The van der Waals surface area contributed by atoms with Crippen molar-refractivity contribution >= 4 is 11.3 Å². The highest BCUT2D eigenvalue weighted by atomic mass is 32.1. The van der Waals surface area contributed by atoms with Crippen molar-refractivity contribution in [1.29, 1.82) is 0 Å². The van der Waals surface area contributed by atoms with Crippen LogP contribution in [-0.4, -0.2) is 36.1 Å². The number of hydrogen-bond acceptors (Lipinski definition) is 3. The molecule has 1 aromatic rings. The molecule has 0 amide bonds. The molecule has 2 heterocycles. The van der Waals surface area contributed by atoms with E-state index in [1.54, 1.807) is 0 Å². The predicted molar refractivity (Wildman–Crippen MR) is 94.1 cm³/mol. The Balaban J connectivity index is 2.02. The molecule has 0 aliphatic carbocycles. The fourth-order valence-electron chi connectivity index (χ4n) is 3.55. The highest BCUT2D eigenvalue weighted by molar-refractivity contribution is 7.09. The lowest BCUT2D eigenvalue weighted by Gasteiger charge is -2.46. The maximum Gasteiger partial charge on any atom is 0.0247 e. The SMILES string of the molecule is CC(C)CC1CN(C(C)Cc2cccs2)C(C(C)C)CN1. The van der Waals surface area contributed by atoms with E-state index >= 15 is 0 Å². The van der Waals surface area contributed by atoms with E-state index in [2.05, 4.69) is 62.3 Å². The van der Waals surface area contributed by atoms with Gasteiger partial charge in [-0.25, -0.2) is 0 Å². The van der Waals surface area contributed by atoms with Crippen LogP contribution in [0.1, 0.15) is 45.9 Å². The van der Waals surface area contributed by atoms with Gasteiger partial charge in [0.15, 0.2) is 0 Å². The average molecular weight is 309 g/mol. The van der Waals surface area contributed by atoms with Crippen LogP contribution >= 0.6 is 11.3 Å². The van der Waals surface area contributed by atoms with Crippen molar-refractivity contribution in [2.75, 3.05) is 13.1 Å². The molecule has 0 saturated carbocycles.